The van der Waals surface area contributed by atoms with Gasteiger partial charge in [0.05, 0.1) is 17.0 Å². The molecule has 7 heteroatoms. The minimum absolute atomic E-state index is 0.133. The molecular weight excluding hydrogens is 264 g/mol. The molecule has 0 radical (unpaired) electrons. The lowest BCUT2D eigenvalue weighted by atomic mass is 9.94. The van der Waals surface area contributed by atoms with Gasteiger partial charge in [0.2, 0.25) is 0 Å². The number of nitrogen functional groups attached to an aromatic ring is 1. The van der Waals surface area contributed by atoms with Crippen molar-refractivity contribution in [3.8, 4) is 0 Å². The van der Waals surface area contributed by atoms with Gasteiger partial charge in [-0.3, -0.25) is 0 Å². The van der Waals surface area contributed by atoms with Crippen LogP contribution in [0.15, 0.2) is 0 Å². The molecule has 2 N–H and O–H groups in total. The SMILES string of the molecule is CS(=O)(=O)C1CCCC(n2nnc(N)c2C2CC2)C1. The van der Waals surface area contributed by atoms with Crippen LogP contribution >= 0.6 is 0 Å². The maximum atomic E-state index is 11.7. The van der Waals surface area contributed by atoms with Crippen LogP contribution in [0.1, 0.15) is 56.2 Å². The Morgan fingerprint density at radius 3 is 2.63 bits per heavy atom. The fraction of sp³-hybridized carbons (Fsp3) is 0.833. The van der Waals surface area contributed by atoms with E-state index in [9.17, 15) is 8.42 Å². The Kier molecular flexibility index (Phi) is 3.03. The fourth-order valence-electron chi connectivity index (χ4n) is 3.07. The summed E-state index contributed by atoms with van der Waals surface area (Å²) in [5.74, 6) is 0.998. The third-order valence-electron chi connectivity index (χ3n) is 4.27. The second kappa shape index (κ2) is 4.47. The first kappa shape index (κ1) is 12.9. The molecule has 0 bridgehead atoms. The van der Waals surface area contributed by atoms with Gasteiger partial charge in [-0.2, -0.15) is 0 Å². The van der Waals surface area contributed by atoms with Crippen molar-refractivity contribution in [1.29, 1.82) is 0 Å². The van der Waals surface area contributed by atoms with E-state index >= 15 is 0 Å². The van der Waals surface area contributed by atoms with Gasteiger partial charge in [-0.15, -0.1) is 5.10 Å². The van der Waals surface area contributed by atoms with E-state index in [-0.39, 0.29) is 11.3 Å². The topological polar surface area (TPSA) is 90.9 Å². The fourth-order valence-corrected chi connectivity index (χ4v) is 4.23. The molecule has 2 fully saturated rings. The zero-order valence-corrected chi connectivity index (χ0v) is 11.9. The van der Waals surface area contributed by atoms with Crippen molar-refractivity contribution in [2.24, 2.45) is 0 Å². The lowest BCUT2D eigenvalue weighted by Crippen LogP contribution is -2.30. The molecule has 2 unspecified atom stereocenters. The summed E-state index contributed by atoms with van der Waals surface area (Å²) in [6, 6.07) is 0.133. The highest BCUT2D eigenvalue weighted by molar-refractivity contribution is 7.91. The van der Waals surface area contributed by atoms with Crippen molar-refractivity contribution < 1.29 is 8.42 Å². The van der Waals surface area contributed by atoms with Gasteiger partial charge in [-0.25, -0.2) is 13.1 Å². The van der Waals surface area contributed by atoms with Gasteiger partial charge >= 0.3 is 0 Å². The Morgan fingerprint density at radius 2 is 2.00 bits per heavy atom. The maximum absolute atomic E-state index is 11.7. The Labute approximate surface area is 113 Å². The van der Waals surface area contributed by atoms with Crippen LogP contribution in [-0.4, -0.2) is 34.9 Å². The Morgan fingerprint density at radius 1 is 1.26 bits per heavy atom. The molecule has 6 nitrogen and oxygen atoms in total. The minimum Gasteiger partial charge on any atom is -0.381 e. The van der Waals surface area contributed by atoms with Crippen LogP contribution in [-0.2, 0) is 9.84 Å². The molecule has 0 saturated heterocycles. The van der Waals surface area contributed by atoms with Crippen molar-refractivity contribution in [3.63, 3.8) is 0 Å². The lowest BCUT2D eigenvalue weighted by molar-refractivity contribution is 0.317. The van der Waals surface area contributed by atoms with Crippen LogP contribution < -0.4 is 5.73 Å². The summed E-state index contributed by atoms with van der Waals surface area (Å²) < 4.78 is 25.4. The summed E-state index contributed by atoms with van der Waals surface area (Å²) in [6.07, 6.45) is 6.90. The van der Waals surface area contributed by atoms with Crippen LogP contribution in [0.4, 0.5) is 5.82 Å². The van der Waals surface area contributed by atoms with Crippen LogP contribution in [0, 0.1) is 0 Å². The molecule has 19 heavy (non-hydrogen) atoms. The van der Waals surface area contributed by atoms with E-state index in [4.69, 9.17) is 5.73 Å². The van der Waals surface area contributed by atoms with Crippen LogP contribution in [0.3, 0.4) is 0 Å². The average Bonchev–Trinajstić information content (AvgIpc) is 3.12. The number of hydrogen-bond acceptors (Lipinski definition) is 5. The van der Waals surface area contributed by atoms with Crippen molar-refractivity contribution in [2.75, 3.05) is 12.0 Å². The quantitative estimate of drug-likeness (QED) is 0.902. The van der Waals surface area contributed by atoms with Gasteiger partial charge in [0, 0.05) is 12.2 Å². The maximum Gasteiger partial charge on any atom is 0.169 e. The van der Waals surface area contributed by atoms with Crippen molar-refractivity contribution in [3.05, 3.63) is 5.69 Å². The molecule has 1 aromatic heterocycles. The third kappa shape index (κ3) is 2.48. The molecule has 2 aliphatic rings. The molecule has 1 aromatic rings. The predicted octanol–water partition coefficient (Wildman–Crippen LogP) is 1.27. The van der Waals surface area contributed by atoms with Crippen molar-refractivity contribution >= 4 is 15.7 Å². The second-order valence-corrected chi connectivity index (χ2v) is 8.18. The normalized spacial score (nSPS) is 28.5. The number of anilines is 1. The molecule has 106 valence electrons. The Balaban J connectivity index is 1.86. The van der Waals surface area contributed by atoms with E-state index in [0.29, 0.717) is 18.2 Å². The molecule has 0 aliphatic heterocycles. The summed E-state index contributed by atoms with van der Waals surface area (Å²) in [6.45, 7) is 0. The average molecular weight is 284 g/mol. The monoisotopic (exact) mass is 284 g/mol. The minimum atomic E-state index is -2.97. The molecule has 2 atom stereocenters. The summed E-state index contributed by atoms with van der Waals surface area (Å²) in [5.41, 5.74) is 6.92. The van der Waals surface area contributed by atoms with Gasteiger partial charge in [-0.1, -0.05) is 11.6 Å². The van der Waals surface area contributed by atoms with E-state index in [2.05, 4.69) is 10.3 Å². The molecule has 0 amide bonds. The zero-order valence-electron chi connectivity index (χ0n) is 11.1. The molecule has 2 saturated carbocycles. The summed E-state index contributed by atoms with van der Waals surface area (Å²) in [4.78, 5) is 0. The van der Waals surface area contributed by atoms with Crippen LogP contribution in [0.5, 0.6) is 0 Å². The van der Waals surface area contributed by atoms with Crippen LogP contribution in [0.25, 0.3) is 0 Å². The first-order chi connectivity index (χ1) is 8.97. The van der Waals surface area contributed by atoms with Crippen molar-refractivity contribution in [2.45, 2.75) is 55.7 Å². The summed E-state index contributed by atoms with van der Waals surface area (Å²) in [7, 11) is -2.97. The van der Waals surface area contributed by atoms with Crippen LogP contribution in [0.2, 0.25) is 0 Å². The number of nitrogens with zero attached hydrogens (tertiary/aromatic N) is 3. The van der Waals surface area contributed by atoms with E-state index in [1.165, 1.54) is 6.26 Å². The smallest absolute Gasteiger partial charge is 0.169 e. The van der Waals surface area contributed by atoms with E-state index in [0.717, 1.165) is 37.8 Å². The number of nitrogens with two attached hydrogens (primary N) is 1. The van der Waals surface area contributed by atoms with Gasteiger partial charge in [0.15, 0.2) is 5.82 Å². The highest BCUT2D eigenvalue weighted by Crippen LogP contribution is 2.44. The zero-order chi connectivity index (χ0) is 13.6. The number of hydrogen-bond donors (Lipinski definition) is 1. The molecular formula is C12H20N4O2S. The Bertz CT molecular complexity index is 577. The van der Waals surface area contributed by atoms with E-state index < -0.39 is 9.84 Å². The second-order valence-electron chi connectivity index (χ2n) is 5.85. The van der Waals surface area contributed by atoms with Crippen molar-refractivity contribution in [1.82, 2.24) is 15.0 Å². The van der Waals surface area contributed by atoms with Gasteiger partial charge in [0.25, 0.3) is 0 Å². The van der Waals surface area contributed by atoms with Gasteiger partial charge < -0.3 is 5.73 Å². The molecule has 1 heterocycles. The van der Waals surface area contributed by atoms with Gasteiger partial charge in [0.1, 0.15) is 9.84 Å². The molecule has 0 aromatic carbocycles. The lowest BCUT2D eigenvalue weighted by Gasteiger charge is -2.28. The Hall–Kier alpha value is -1.11. The summed E-state index contributed by atoms with van der Waals surface area (Å²) >= 11 is 0. The molecule has 2 aliphatic carbocycles. The summed E-state index contributed by atoms with van der Waals surface area (Å²) in [5, 5.41) is 7.90. The molecule has 3 rings (SSSR count). The molecule has 0 spiro atoms. The van der Waals surface area contributed by atoms with Gasteiger partial charge in [-0.05, 0) is 32.1 Å². The number of rotatable bonds is 3. The highest BCUT2D eigenvalue weighted by Gasteiger charge is 2.36. The van der Waals surface area contributed by atoms with E-state index in [1.54, 1.807) is 0 Å². The van der Waals surface area contributed by atoms with E-state index in [1.807, 2.05) is 4.68 Å². The standard InChI is InChI=1S/C12H20N4O2S/c1-19(17,18)10-4-2-3-9(7-10)16-11(8-5-6-8)12(13)14-15-16/h8-10H,2-7,13H2,1H3. The first-order valence-corrected chi connectivity index (χ1v) is 8.81. The largest absolute Gasteiger partial charge is 0.381 e. The number of sulfone groups is 1. The third-order valence-corrected chi connectivity index (χ3v) is 5.91. The first-order valence-electron chi connectivity index (χ1n) is 6.86. The number of aromatic nitrogens is 3. The predicted molar refractivity (Wildman–Crippen MR) is 72.5 cm³/mol. The highest BCUT2D eigenvalue weighted by atomic mass is 32.2.